The zero-order valence-corrected chi connectivity index (χ0v) is 22.4. The van der Waals surface area contributed by atoms with E-state index in [1.165, 1.54) is 0 Å². The molecule has 0 saturated carbocycles. The molecule has 3 N–H and O–H groups in total. The maximum Gasteiger partial charge on any atom is 0.408 e. The van der Waals surface area contributed by atoms with Crippen LogP contribution in [0.5, 0.6) is 11.5 Å². The zero-order chi connectivity index (χ0) is 23.6. The van der Waals surface area contributed by atoms with Crippen LogP contribution in [-0.2, 0) is 11.3 Å². The number of nitrogens with zero attached hydrogens (tertiary/aromatic N) is 1. The van der Waals surface area contributed by atoms with Crippen molar-refractivity contribution in [3.8, 4) is 11.5 Å². The lowest BCUT2D eigenvalue weighted by molar-refractivity contribution is 0.0504. The zero-order valence-electron chi connectivity index (χ0n) is 20.1. The number of ether oxygens (including phenoxy) is 3. The number of rotatable bonds is 8. The van der Waals surface area contributed by atoms with Crippen LogP contribution in [0.3, 0.4) is 0 Å². The molecule has 0 fully saturated rings. The Morgan fingerprint density at radius 2 is 1.73 bits per heavy atom. The van der Waals surface area contributed by atoms with Crippen molar-refractivity contribution in [2.75, 3.05) is 27.8 Å². The highest BCUT2D eigenvalue weighted by Crippen LogP contribution is 2.24. The standard InChI is InChI=1S/C24H34N4O4.HI/c1-24(2,3)32-23(29)28-20(17-10-8-7-9-11-17)16-27-22(25-4)26-15-18-12-13-19(30-5)14-21(18)31-6;/h7-14,20H,15-16H2,1-6H3,(H,28,29)(H2,25,26,27);1H. The number of guanidine groups is 1. The van der Waals surface area contributed by atoms with E-state index >= 15 is 0 Å². The van der Waals surface area contributed by atoms with Gasteiger partial charge in [0.05, 0.1) is 20.3 Å². The molecular weight excluding hydrogens is 535 g/mol. The van der Waals surface area contributed by atoms with Gasteiger partial charge in [-0.25, -0.2) is 4.79 Å². The van der Waals surface area contributed by atoms with E-state index in [1.54, 1.807) is 21.3 Å². The topological polar surface area (TPSA) is 93.2 Å². The van der Waals surface area contributed by atoms with Gasteiger partial charge in [-0.2, -0.15) is 0 Å². The molecule has 2 aromatic carbocycles. The Labute approximate surface area is 213 Å². The van der Waals surface area contributed by atoms with E-state index in [2.05, 4.69) is 20.9 Å². The number of methoxy groups -OCH3 is 2. The molecule has 0 heterocycles. The van der Waals surface area contributed by atoms with Crippen LogP contribution < -0.4 is 25.4 Å². The number of alkyl carbamates (subject to hydrolysis) is 1. The van der Waals surface area contributed by atoms with E-state index in [1.807, 2.05) is 69.3 Å². The molecule has 0 bridgehead atoms. The Balaban J connectivity index is 0.00000544. The largest absolute Gasteiger partial charge is 0.497 e. The minimum Gasteiger partial charge on any atom is -0.497 e. The molecule has 2 rings (SSSR count). The molecule has 0 aliphatic carbocycles. The third-order valence-electron chi connectivity index (χ3n) is 4.53. The van der Waals surface area contributed by atoms with Crippen LogP contribution in [-0.4, -0.2) is 45.5 Å². The average molecular weight is 570 g/mol. The van der Waals surface area contributed by atoms with Crippen molar-refractivity contribution in [1.82, 2.24) is 16.0 Å². The molecule has 8 nitrogen and oxygen atoms in total. The highest BCUT2D eigenvalue weighted by molar-refractivity contribution is 14.0. The van der Waals surface area contributed by atoms with Gasteiger partial charge in [0, 0.05) is 31.8 Å². The van der Waals surface area contributed by atoms with E-state index in [9.17, 15) is 4.79 Å². The Morgan fingerprint density at radius 1 is 1.03 bits per heavy atom. The summed E-state index contributed by atoms with van der Waals surface area (Å²) in [4.78, 5) is 16.6. The second kappa shape index (κ2) is 13.8. The number of carbonyl (C=O) groups is 1. The molecule has 0 aliphatic rings. The quantitative estimate of drug-likeness (QED) is 0.250. The van der Waals surface area contributed by atoms with Crippen molar-refractivity contribution in [2.45, 2.75) is 39.0 Å². The average Bonchev–Trinajstić information content (AvgIpc) is 2.77. The summed E-state index contributed by atoms with van der Waals surface area (Å²) < 4.78 is 16.1. The second-order valence-electron chi connectivity index (χ2n) is 8.09. The van der Waals surface area contributed by atoms with Gasteiger partial charge in [0.1, 0.15) is 17.1 Å². The highest BCUT2D eigenvalue weighted by Gasteiger charge is 2.21. The molecule has 33 heavy (non-hydrogen) atoms. The molecule has 1 atom stereocenters. The van der Waals surface area contributed by atoms with Crippen LogP contribution in [0, 0.1) is 0 Å². The van der Waals surface area contributed by atoms with Gasteiger partial charge in [-0.15, -0.1) is 24.0 Å². The summed E-state index contributed by atoms with van der Waals surface area (Å²) in [6, 6.07) is 15.1. The Morgan fingerprint density at radius 3 is 2.30 bits per heavy atom. The number of carbonyl (C=O) groups excluding carboxylic acids is 1. The van der Waals surface area contributed by atoms with Crippen LogP contribution in [0.2, 0.25) is 0 Å². The number of hydrogen-bond donors (Lipinski definition) is 3. The molecule has 0 saturated heterocycles. The SMILES string of the molecule is CN=C(NCc1ccc(OC)cc1OC)NCC(NC(=O)OC(C)(C)C)c1ccccc1.I. The Hall–Kier alpha value is -2.69. The number of benzene rings is 2. The third kappa shape index (κ3) is 9.77. The number of hydrogen-bond acceptors (Lipinski definition) is 5. The van der Waals surface area contributed by atoms with Gasteiger partial charge in [-0.05, 0) is 38.5 Å². The maximum absolute atomic E-state index is 12.4. The second-order valence-corrected chi connectivity index (χ2v) is 8.09. The van der Waals surface area contributed by atoms with Crippen molar-refractivity contribution in [3.05, 3.63) is 59.7 Å². The van der Waals surface area contributed by atoms with Crippen LogP contribution in [0.15, 0.2) is 53.5 Å². The van der Waals surface area contributed by atoms with Gasteiger partial charge in [-0.3, -0.25) is 4.99 Å². The van der Waals surface area contributed by atoms with Gasteiger partial charge in [-0.1, -0.05) is 30.3 Å². The van der Waals surface area contributed by atoms with Crippen LogP contribution in [0.4, 0.5) is 4.79 Å². The lowest BCUT2D eigenvalue weighted by Gasteiger charge is -2.25. The molecule has 0 radical (unpaired) electrons. The van der Waals surface area contributed by atoms with E-state index in [-0.39, 0.29) is 30.0 Å². The van der Waals surface area contributed by atoms with Gasteiger partial charge in [0.25, 0.3) is 0 Å². The van der Waals surface area contributed by atoms with Crippen molar-refractivity contribution >= 4 is 36.0 Å². The number of nitrogens with one attached hydrogen (secondary N) is 3. The van der Waals surface area contributed by atoms with Gasteiger partial charge in [0.2, 0.25) is 0 Å². The van der Waals surface area contributed by atoms with Crippen molar-refractivity contribution in [2.24, 2.45) is 4.99 Å². The van der Waals surface area contributed by atoms with Crippen LogP contribution in [0.1, 0.15) is 37.9 Å². The van der Waals surface area contributed by atoms with E-state index in [0.29, 0.717) is 19.0 Å². The van der Waals surface area contributed by atoms with E-state index in [4.69, 9.17) is 14.2 Å². The fourth-order valence-corrected chi connectivity index (χ4v) is 2.98. The first-order valence-electron chi connectivity index (χ1n) is 10.5. The highest BCUT2D eigenvalue weighted by atomic mass is 127. The van der Waals surface area contributed by atoms with E-state index in [0.717, 1.165) is 22.6 Å². The number of halogens is 1. The number of aliphatic imine (C=N–C) groups is 1. The molecule has 1 amide bonds. The first-order valence-corrected chi connectivity index (χ1v) is 10.5. The summed E-state index contributed by atoms with van der Waals surface area (Å²) in [6.45, 7) is 6.43. The van der Waals surface area contributed by atoms with Crippen molar-refractivity contribution in [1.29, 1.82) is 0 Å². The third-order valence-corrected chi connectivity index (χ3v) is 4.53. The predicted octanol–water partition coefficient (Wildman–Crippen LogP) is 4.25. The molecular formula is C24H35IN4O4. The summed E-state index contributed by atoms with van der Waals surface area (Å²) in [6.07, 6.45) is -0.473. The predicted molar refractivity (Wildman–Crippen MR) is 142 cm³/mol. The van der Waals surface area contributed by atoms with E-state index < -0.39 is 11.7 Å². The lowest BCUT2D eigenvalue weighted by atomic mass is 10.1. The fraction of sp³-hybridized carbons (Fsp3) is 0.417. The maximum atomic E-state index is 12.4. The smallest absolute Gasteiger partial charge is 0.408 e. The van der Waals surface area contributed by atoms with Crippen molar-refractivity contribution in [3.63, 3.8) is 0 Å². The van der Waals surface area contributed by atoms with Crippen LogP contribution in [0.25, 0.3) is 0 Å². The molecule has 0 aromatic heterocycles. The minimum absolute atomic E-state index is 0. The van der Waals surface area contributed by atoms with Crippen LogP contribution >= 0.6 is 24.0 Å². The minimum atomic E-state index is -0.576. The molecule has 0 aliphatic heterocycles. The summed E-state index contributed by atoms with van der Waals surface area (Å²) in [5.41, 5.74) is 1.34. The Bertz CT molecular complexity index is 901. The Kier molecular flexibility index (Phi) is 11.8. The summed E-state index contributed by atoms with van der Waals surface area (Å²) >= 11 is 0. The van der Waals surface area contributed by atoms with Gasteiger partial charge in [0.15, 0.2) is 5.96 Å². The normalized spacial score (nSPS) is 12.1. The summed E-state index contributed by atoms with van der Waals surface area (Å²) in [5.74, 6) is 2.04. The van der Waals surface area contributed by atoms with Crippen molar-refractivity contribution < 1.29 is 19.0 Å². The molecule has 2 aromatic rings. The monoisotopic (exact) mass is 570 g/mol. The first kappa shape index (κ1) is 28.3. The summed E-state index contributed by atoms with van der Waals surface area (Å²) in [7, 11) is 4.93. The van der Waals surface area contributed by atoms with Gasteiger partial charge >= 0.3 is 6.09 Å². The molecule has 0 spiro atoms. The fourth-order valence-electron chi connectivity index (χ4n) is 2.98. The summed E-state index contributed by atoms with van der Waals surface area (Å²) in [5, 5.41) is 9.47. The number of amides is 1. The molecule has 182 valence electrons. The van der Waals surface area contributed by atoms with Gasteiger partial charge < -0.3 is 30.2 Å². The first-order chi connectivity index (χ1) is 15.3. The molecule has 9 heteroatoms. The molecule has 1 unspecified atom stereocenters. The lowest BCUT2D eigenvalue weighted by Crippen LogP contribution is -2.44.